The Bertz CT molecular complexity index is 1280. The normalized spacial score (nSPS) is 12.5. The van der Waals surface area contributed by atoms with Gasteiger partial charge >= 0.3 is 5.97 Å². The molecule has 0 heterocycles. The molecule has 0 aliphatic heterocycles. The highest BCUT2D eigenvalue weighted by atomic mass is 16.5. The molecule has 0 radical (unpaired) electrons. The minimum absolute atomic E-state index is 0.629. The number of carboxylic acid groups (broad SMARTS) is 1. The third-order valence-electron chi connectivity index (χ3n) is 6.85. The molecule has 3 aromatic rings. The van der Waals surface area contributed by atoms with E-state index in [0.29, 0.717) is 5.56 Å². The first kappa shape index (κ1) is 26.5. The van der Waals surface area contributed by atoms with Crippen molar-refractivity contribution in [1.29, 1.82) is 0 Å². The molecule has 0 spiro atoms. The number of hydrogen-bond acceptors (Lipinski definition) is 3. The molecule has 0 saturated heterocycles. The molecule has 4 heteroatoms. The second kappa shape index (κ2) is 9.87. The van der Waals surface area contributed by atoms with Crippen LogP contribution >= 0.6 is 0 Å². The van der Waals surface area contributed by atoms with Crippen LogP contribution in [0, 0.1) is 41.5 Å². The fraction of sp³-hybridized carbons (Fsp3) is 0.387. The van der Waals surface area contributed by atoms with E-state index in [0.717, 1.165) is 39.1 Å². The number of rotatable bonds is 6. The van der Waals surface area contributed by atoms with Gasteiger partial charge in [-0.2, -0.15) is 0 Å². The largest absolute Gasteiger partial charge is 0.479 e. The summed E-state index contributed by atoms with van der Waals surface area (Å²) >= 11 is 0. The molecule has 0 aliphatic rings. The number of hydrogen-bond donors (Lipinski definition) is 2. The maximum absolute atomic E-state index is 12.6. The minimum Gasteiger partial charge on any atom is -0.479 e. The lowest BCUT2D eigenvalue weighted by Crippen LogP contribution is -2.28. The molecular weight excluding hydrogens is 434 g/mol. The molecule has 0 aliphatic carbocycles. The van der Waals surface area contributed by atoms with Crippen LogP contribution < -0.4 is 5.32 Å². The maximum atomic E-state index is 12.6. The summed E-state index contributed by atoms with van der Waals surface area (Å²) in [7, 11) is 1.90. The first-order valence-corrected chi connectivity index (χ1v) is 12.2. The molecule has 0 aromatic heterocycles. The van der Waals surface area contributed by atoms with Crippen LogP contribution in [-0.2, 0) is 9.53 Å². The van der Waals surface area contributed by atoms with Gasteiger partial charge in [0.2, 0.25) is 0 Å². The van der Waals surface area contributed by atoms with Crippen LogP contribution in [0.4, 0.5) is 5.69 Å². The number of nitrogens with one attached hydrogen (secondary N) is 1. The third-order valence-corrected chi connectivity index (χ3v) is 6.85. The molecule has 0 saturated carbocycles. The number of carboxylic acids is 1. The van der Waals surface area contributed by atoms with E-state index in [1.807, 2.05) is 34.7 Å². The minimum atomic E-state index is -1.11. The van der Waals surface area contributed by atoms with E-state index in [2.05, 4.69) is 76.3 Å². The zero-order valence-corrected chi connectivity index (χ0v) is 22.8. The second-order valence-electron chi connectivity index (χ2n) is 10.6. The second-order valence-corrected chi connectivity index (χ2v) is 10.6. The predicted molar refractivity (Wildman–Crippen MR) is 146 cm³/mol. The van der Waals surface area contributed by atoms with Gasteiger partial charge in [-0.05, 0) is 112 Å². The summed E-state index contributed by atoms with van der Waals surface area (Å²) in [5.74, 6) is -0.992. The Morgan fingerprint density at radius 3 is 1.69 bits per heavy atom. The topological polar surface area (TPSA) is 58.6 Å². The first-order chi connectivity index (χ1) is 16.3. The Kier molecular flexibility index (Phi) is 7.47. The Morgan fingerprint density at radius 2 is 1.29 bits per heavy atom. The van der Waals surface area contributed by atoms with Gasteiger partial charge in [0.25, 0.3) is 0 Å². The van der Waals surface area contributed by atoms with Crippen molar-refractivity contribution in [2.24, 2.45) is 0 Å². The Hall–Kier alpha value is -3.11. The molecule has 1 atom stereocenters. The van der Waals surface area contributed by atoms with Crippen LogP contribution in [0.2, 0.25) is 0 Å². The number of ether oxygens (including phenoxy) is 1. The van der Waals surface area contributed by atoms with E-state index >= 15 is 0 Å². The smallest absolute Gasteiger partial charge is 0.337 e. The average molecular weight is 474 g/mol. The lowest BCUT2D eigenvalue weighted by molar-refractivity contribution is -0.160. The van der Waals surface area contributed by atoms with Gasteiger partial charge in [0.1, 0.15) is 0 Å². The molecule has 1 unspecified atom stereocenters. The van der Waals surface area contributed by atoms with Crippen molar-refractivity contribution in [1.82, 2.24) is 0 Å². The lowest BCUT2D eigenvalue weighted by Gasteiger charge is -2.31. The van der Waals surface area contributed by atoms with Crippen molar-refractivity contribution in [3.8, 4) is 22.3 Å². The average Bonchev–Trinajstić information content (AvgIpc) is 2.76. The summed E-state index contributed by atoms with van der Waals surface area (Å²) in [6.07, 6.45) is -1.11. The third kappa shape index (κ3) is 5.28. The van der Waals surface area contributed by atoms with Gasteiger partial charge in [0.15, 0.2) is 6.10 Å². The van der Waals surface area contributed by atoms with Gasteiger partial charge in [0, 0.05) is 23.9 Å². The summed E-state index contributed by atoms with van der Waals surface area (Å²) in [6, 6.07) is 12.8. The van der Waals surface area contributed by atoms with Crippen LogP contribution in [0.3, 0.4) is 0 Å². The predicted octanol–water partition coefficient (Wildman–Crippen LogP) is 7.85. The molecular formula is C31H39NO3. The van der Waals surface area contributed by atoms with Crippen LogP contribution in [-0.4, -0.2) is 23.7 Å². The molecule has 0 bridgehead atoms. The molecule has 4 nitrogen and oxygen atoms in total. The molecule has 2 N–H and O–H groups in total. The monoisotopic (exact) mass is 473 g/mol. The Labute approximate surface area is 210 Å². The zero-order valence-electron chi connectivity index (χ0n) is 22.8. The van der Waals surface area contributed by atoms with Crippen LogP contribution in [0.15, 0.2) is 36.4 Å². The summed E-state index contributed by atoms with van der Waals surface area (Å²) in [5, 5.41) is 13.7. The molecule has 0 amide bonds. The van der Waals surface area contributed by atoms with Crippen molar-refractivity contribution in [2.45, 2.75) is 74.0 Å². The summed E-state index contributed by atoms with van der Waals surface area (Å²) in [4.78, 5) is 12.6. The number of aliphatic carboxylic acids is 1. The highest BCUT2D eigenvalue weighted by molar-refractivity contribution is 5.94. The molecule has 3 rings (SSSR count). The number of anilines is 1. The fourth-order valence-electron chi connectivity index (χ4n) is 4.78. The first-order valence-electron chi connectivity index (χ1n) is 12.2. The van der Waals surface area contributed by atoms with Gasteiger partial charge in [-0.15, -0.1) is 0 Å². The fourth-order valence-corrected chi connectivity index (χ4v) is 4.78. The molecule has 0 fully saturated rings. The van der Waals surface area contributed by atoms with Crippen LogP contribution in [0.5, 0.6) is 0 Å². The van der Waals surface area contributed by atoms with Gasteiger partial charge in [-0.3, -0.25) is 0 Å². The van der Waals surface area contributed by atoms with Gasteiger partial charge < -0.3 is 15.2 Å². The summed E-state index contributed by atoms with van der Waals surface area (Å²) in [6.45, 7) is 18.2. The van der Waals surface area contributed by atoms with Gasteiger partial charge in [-0.1, -0.05) is 36.4 Å². The summed E-state index contributed by atoms with van der Waals surface area (Å²) in [5.41, 5.74) is 11.9. The van der Waals surface area contributed by atoms with E-state index in [-0.39, 0.29) is 0 Å². The zero-order chi connectivity index (χ0) is 26.2. The van der Waals surface area contributed by atoms with E-state index in [9.17, 15) is 9.90 Å². The lowest BCUT2D eigenvalue weighted by atomic mass is 9.81. The van der Waals surface area contributed by atoms with Crippen molar-refractivity contribution < 1.29 is 14.6 Å². The Balaban J connectivity index is 2.51. The SMILES string of the molecule is CNc1c(C)c(C(OC(C)(C)C)C(=O)O)c(-c2ccc(C)c(C)c2)c(C)c1-c1ccc(C)c(C)c1. The molecule has 3 aromatic carbocycles. The molecule has 186 valence electrons. The van der Waals surface area contributed by atoms with Gasteiger partial charge in [-0.25, -0.2) is 4.79 Å². The number of aryl methyl sites for hydroxylation is 4. The summed E-state index contributed by atoms with van der Waals surface area (Å²) < 4.78 is 6.19. The van der Waals surface area contributed by atoms with Crippen LogP contribution in [0.25, 0.3) is 22.3 Å². The van der Waals surface area contributed by atoms with Crippen molar-refractivity contribution >= 4 is 11.7 Å². The standard InChI is InChI=1S/C31H39NO3/c1-17-11-13-23(15-19(17)3)25-21(5)26(24-14-12-18(2)20(4)16-24)28(32-10)22(6)27(25)29(30(33)34)35-31(7,8)9/h11-16,29,32H,1-10H3,(H,33,34). The Morgan fingerprint density at radius 1 is 0.800 bits per heavy atom. The van der Waals surface area contributed by atoms with Crippen molar-refractivity contribution in [3.05, 3.63) is 75.3 Å². The van der Waals surface area contributed by atoms with Gasteiger partial charge in [0.05, 0.1) is 5.60 Å². The number of carbonyl (C=O) groups is 1. The quantitative estimate of drug-likeness (QED) is 0.383. The van der Waals surface area contributed by atoms with E-state index in [4.69, 9.17) is 4.74 Å². The van der Waals surface area contributed by atoms with Crippen LogP contribution in [0.1, 0.15) is 65.8 Å². The maximum Gasteiger partial charge on any atom is 0.337 e. The van der Waals surface area contributed by atoms with Crippen molar-refractivity contribution in [3.63, 3.8) is 0 Å². The van der Waals surface area contributed by atoms with E-state index in [1.54, 1.807) is 0 Å². The molecule has 35 heavy (non-hydrogen) atoms. The van der Waals surface area contributed by atoms with E-state index in [1.165, 1.54) is 22.3 Å². The van der Waals surface area contributed by atoms with Crippen molar-refractivity contribution in [2.75, 3.05) is 12.4 Å². The highest BCUT2D eigenvalue weighted by Crippen LogP contribution is 2.47. The highest BCUT2D eigenvalue weighted by Gasteiger charge is 2.33. The number of benzene rings is 3. The van der Waals surface area contributed by atoms with E-state index < -0.39 is 17.7 Å².